The molecule has 1 unspecified atom stereocenters. The molecule has 1 N–H and O–H groups in total. The fourth-order valence-electron chi connectivity index (χ4n) is 1.43. The number of hydrogen-bond acceptors (Lipinski definition) is 6. The number of amides is 2. The summed E-state index contributed by atoms with van der Waals surface area (Å²) in [6.07, 6.45) is 2.75. The Balaban J connectivity index is 2.51. The Hall–Kier alpha value is -1.08. The van der Waals surface area contributed by atoms with Gasteiger partial charge in [0.15, 0.2) is 0 Å². The summed E-state index contributed by atoms with van der Waals surface area (Å²) in [5.74, 6) is -0.709. The Morgan fingerprint density at radius 1 is 1.47 bits per heavy atom. The second kappa shape index (κ2) is 6.61. The van der Waals surface area contributed by atoms with Gasteiger partial charge in [0.1, 0.15) is 6.04 Å². The minimum absolute atomic E-state index is 0.112. The van der Waals surface area contributed by atoms with E-state index < -0.39 is 23.8 Å². The Morgan fingerprint density at radius 3 is 2.53 bits per heavy atom. The molecule has 1 fully saturated rings. The van der Waals surface area contributed by atoms with Crippen LogP contribution in [0.1, 0.15) is 19.3 Å². The highest BCUT2D eigenvalue weighted by Gasteiger charge is 2.34. The molecule has 0 bridgehead atoms. The predicted molar refractivity (Wildman–Crippen MR) is 63.0 cm³/mol. The van der Waals surface area contributed by atoms with Crippen molar-refractivity contribution < 1.29 is 19.2 Å². The van der Waals surface area contributed by atoms with Gasteiger partial charge < -0.3 is 10.2 Å². The molecule has 1 aliphatic rings. The van der Waals surface area contributed by atoms with Crippen LogP contribution >= 0.6 is 11.8 Å². The van der Waals surface area contributed by atoms with Gasteiger partial charge in [-0.15, -0.1) is 5.06 Å². The van der Waals surface area contributed by atoms with E-state index in [-0.39, 0.29) is 12.8 Å². The molecule has 0 aromatic heterocycles. The molecule has 1 heterocycles. The highest BCUT2D eigenvalue weighted by molar-refractivity contribution is 7.98. The number of rotatable bonds is 6. The molecule has 0 aliphatic carbocycles. The van der Waals surface area contributed by atoms with Gasteiger partial charge in [-0.3, -0.25) is 9.59 Å². The first-order valence-corrected chi connectivity index (χ1v) is 6.73. The molecule has 1 saturated heterocycles. The smallest absolute Gasteiger partial charge is 0.329 e. The zero-order chi connectivity index (χ0) is 12.8. The van der Waals surface area contributed by atoms with Crippen LogP contribution < -0.4 is 5.32 Å². The lowest BCUT2D eigenvalue weighted by atomic mass is 10.2. The molecule has 2 amide bonds. The summed E-state index contributed by atoms with van der Waals surface area (Å²) in [6.45, 7) is 0. The van der Waals surface area contributed by atoms with Crippen molar-refractivity contribution in [2.75, 3.05) is 19.1 Å². The minimum Gasteiger partial charge on any atom is -0.329 e. The first-order valence-electron chi connectivity index (χ1n) is 5.34. The molecule has 1 atom stereocenters. The van der Waals surface area contributed by atoms with E-state index in [4.69, 9.17) is 4.84 Å². The van der Waals surface area contributed by atoms with Crippen LogP contribution in [0.4, 0.5) is 0 Å². The van der Waals surface area contributed by atoms with Crippen LogP contribution in [-0.2, 0) is 19.2 Å². The molecule has 17 heavy (non-hydrogen) atoms. The zero-order valence-electron chi connectivity index (χ0n) is 9.89. The van der Waals surface area contributed by atoms with E-state index in [1.165, 1.54) is 0 Å². The number of carbonyl (C=O) groups excluding carboxylic acids is 3. The minimum atomic E-state index is -0.592. The molecule has 0 aromatic rings. The van der Waals surface area contributed by atoms with Gasteiger partial charge >= 0.3 is 5.97 Å². The van der Waals surface area contributed by atoms with Crippen molar-refractivity contribution in [3.8, 4) is 0 Å². The monoisotopic (exact) mass is 260 g/mol. The maximum atomic E-state index is 11.7. The van der Waals surface area contributed by atoms with Gasteiger partial charge in [-0.05, 0) is 25.5 Å². The molecule has 0 radical (unpaired) electrons. The SMILES string of the molecule is CNC(CCSC)C(=O)ON1C(=O)CCC1=O. The molecule has 1 aliphatic heterocycles. The van der Waals surface area contributed by atoms with Crippen LogP contribution in [-0.4, -0.2) is 47.9 Å². The zero-order valence-corrected chi connectivity index (χ0v) is 10.7. The highest BCUT2D eigenvalue weighted by Crippen LogP contribution is 2.13. The lowest BCUT2D eigenvalue weighted by Gasteiger charge is -2.18. The highest BCUT2D eigenvalue weighted by atomic mass is 32.2. The molecular weight excluding hydrogens is 244 g/mol. The summed E-state index contributed by atoms with van der Waals surface area (Å²) in [6, 6.07) is -0.497. The van der Waals surface area contributed by atoms with E-state index >= 15 is 0 Å². The third-order valence-corrected chi connectivity index (χ3v) is 3.07. The number of likely N-dealkylation sites (N-methyl/N-ethyl adjacent to an activating group) is 1. The van der Waals surface area contributed by atoms with Crippen LogP contribution in [0, 0.1) is 0 Å². The van der Waals surface area contributed by atoms with Crippen molar-refractivity contribution in [1.29, 1.82) is 0 Å². The lowest BCUT2D eigenvalue weighted by Crippen LogP contribution is -2.42. The molecular formula is C10H16N2O4S. The summed E-state index contributed by atoms with van der Waals surface area (Å²) >= 11 is 1.61. The third kappa shape index (κ3) is 3.71. The lowest BCUT2D eigenvalue weighted by molar-refractivity contribution is -0.199. The topological polar surface area (TPSA) is 75.7 Å². The fraction of sp³-hybridized carbons (Fsp3) is 0.700. The van der Waals surface area contributed by atoms with E-state index in [1.807, 2.05) is 6.26 Å². The first kappa shape index (κ1) is 14.0. The molecule has 7 heteroatoms. The summed E-state index contributed by atoms with van der Waals surface area (Å²) in [5.41, 5.74) is 0. The van der Waals surface area contributed by atoms with Crippen LogP contribution in [0.25, 0.3) is 0 Å². The van der Waals surface area contributed by atoms with Gasteiger partial charge in [-0.2, -0.15) is 11.8 Å². The van der Waals surface area contributed by atoms with Gasteiger partial charge in [0, 0.05) is 12.8 Å². The average molecular weight is 260 g/mol. The molecule has 0 spiro atoms. The van der Waals surface area contributed by atoms with Gasteiger partial charge in [0.25, 0.3) is 11.8 Å². The van der Waals surface area contributed by atoms with Gasteiger partial charge in [0.05, 0.1) is 0 Å². The molecule has 1 rings (SSSR count). The second-order valence-corrected chi connectivity index (χ2v) is 4.60. The van der Waals surface area contributed by atoms with Gasteiger partial charge in [-0.25, -0.2) is 4.79 Å². The maximum absolute atomic E-state index is 11.7. The standard InChI is InChI=1S/C10H16N2O4S/c1-11-7(5-6-17-2)10(15)16-12-8(13)3-4-9(12)14/h7,11H,3-6H2,1-2H3. The molecule has 6 nitrogen and oxygen atoms in total. The van der Waals surface area contributed by atoms with Gasteiger partial charge in [-0.1, -0.05) is 0 Å². The quantitative estimate of drug-likeness (QED) is 0.674. The van der Waals surface area contributed by atoms with E-state index in [2.05, 4.69) is 5.32 Å². The fourth-order valence-corrected chi connectivity index (χ4v) is 1.90. The average Bonchev–Trinajstić information content (AvgIpc) is 2.62. The normalized spacial score (nSPS) is 17.4. The van der Waals surface area contributed by atoms with Crippen molar-refractivity contribution in [3.05, 3.63) is 0 Å². The van der Waals surface area contributed by atoms with E-state index in [0.717, 1.165) is 5.75 Å². The number of nitrogens with one attached hydrogen (secondary N) is 1. The largest absolute Gasteiger partial charge is 0.349 e. The Bertz CT molecular complexity index is 305. The van der Waals surface area contributed by atoms with Gasteiger partial charge in [0.2, 0.25) is 0 Å². The Kier molecular flexibility index (Phi) is 5.43. The van der Waals surface area contributed by atoms with Crippen molar-refractivity contribution >= 4 is 29.5 Å². The molecule has 96 valence electrons. The molecule has 0 aromatic carbocycles. The summed E-state index contributed by atoms with van der Waals surface area (Å²) in [4.78, 5) is 39.0. The summed E-state index contributed by atoms with van der Waals surface area (Å²) in [7, 11) is 1.64. The number of thioether (sulfide) groups is 1. The van der Waals surface area contributed by atoms with Crippen LogP contribution in [0.3, 0.4) is 0 Å². The number of nitrogens with zero attached hydrogens (tertiary/aromatic N) is 1. The third-order valence-electron chi connectivity index (χ3n) is 2.43. The van der Waals surface area contributed by atoms with Crippen LogP contribution in [0.15, 0.2) is 0 Å². The summed E-state index contributed by atoms with van der Waals surface area (Å²) in [5, 5.41) is 3.38. The number of hydrogen-bond donors (Lipinski definition) is 1. The van der Waals surface area contributed by atoms with Crippen molar-refractivity contribution in [2.24, 2.45) is 0 Å². The maximum Gasteiger partial charge on any atom is 0.349 e. The van der Waals surface area contributed by atoms with Crippen LogP contribution in [0.5, 0.6) is 0 Å². The Labute approximate surface area is 104 Å². The number of carbonyl (C=O) groups is 3. The summed E-state index contributed by atoms with van der Waals surface area (Å²) < 4.78 is 0. The molecule has 0 saturated carbocycles. The second-order valence-electron chi connectivity index (χ2n) is 3.61. The number of imide groups is 1. The predicted octanol–water partition coefficient (Wildman–Crippen LogP) is -0.0653. The van der Waals surface area contributed by atoms with Crippen molar-refractivity contribution in [3.63, 3.8) is 0 Å². The number of hydroxylamine groups is 2. The van der Waals surface area contributed by atoms with E-state index in [1.54, 1.807) is 18.8 Å². The van der Waals surface area contributed by atoms with Crippen molar-refractivity contribution in [1.82, 2.24) is 10.4 Å². The first-order chi connectivity index (χ1) is 8.10. The van der Waals surface area contributed by atoms with E-state index in [0.29, 0.717) is 11.5 Å². The van der Waals surface area contributed by atoms with Crippen LogP contribution in [0.2, 0.25) is 0 Å². The Morgan fingerprint density at radius 2 is 2.06 bits per heavy atom. The van der Waals surface area contributed by atoms with Crippen molar-refractivity contribution in [2.45, 2.75) is 25.3 Å². The van der Waals surface area contributed by atoms with E-state index in [9.17, 15) is 14.4 Å².